The molecule has 0 spiro atoms. The Morgan fingerprint density at radius 2 is 2.08 bits per heavy atom. The summed E-state index contributed by atoms with van der Waals surface area (Å²) in [6.07, 6.45) is 4.48. The van der Waals surface area contributed by atoms with Gasteiger partial charge in [0.25, 0.3) is 0 Å². The Morgan fingerprint density at radius 3 is 3.08 bits per heavy atom. The Balaban J connectivity index is 2.41. The Hall–Kier alpha value is -0.730. The van der Waals surface area contributed by atoms with E-state index in [9.17, 15) is 0 Å². The van der Waals surface area contributed by atoms with Crippen LogP contribution < -0.4 is 0 Å². The van der Waals surface area contributed by atoms with Gasteiger partial charge in [-0.05, 0) is 12.1 Å². The van der Waals surface area contributed by atoms with E-state index in [0.717, 1.165) is 5.75 Å². The minimum absolute atomic E-state index is 1.12. The van der Waals surface area contributed by atoms with Crippen LogP contribution in [0.15, 0.2) is 35.2 Å². The van der Waals surface area contributed by atoms with Crippen LogP contribution in [0.25, 0.3) is 16.2 Å². The zero-order valence-electron chi connectivity index (χ0n) is 6.99. The molecule has 0 unspecified atom stereocenters. The van der Waals surface area contributed by atoms with Crippen molar-refractivity contribution in [2.75, 3.05) is 5.75 Å². The van der Waals surface area contributed by atoms with E-state index >= 15 is 0 Å². The van der Waals surface area contributed by atoms with Crippen LogP contribution in [0.4, 0.5) is 0 Å². The van der Waals surface area contributed by atoms with Crippen molar-refractivity contribution in [3.8, 4) is 0 Å². The molecule has 0 atom stereocenters. The number of benzene rings is 1. The summed E-state index contributed by atoms with van der Waals surface area (Å²) in [5.41, 5.74) is 0. The van der Waals surface area contributed by atoms with E-state index in [0.29, 0.717) is 0 Å². The van der Waals surface area contributed by atoms with Crippen LogP contribution in [-0.4, -0.2) is 5.75 Å². The van der Waals surface area contributed by atoms with Gasteiger partial charge < -0.3 is 0 Å². The predicted octanol–water partition coefficient (Wildman–Crippen LogP) is 4.02. The lowest BCUT2D eigenvalue weighted by atomic mass is 10.2. The fourth-order valence-corrected chi connectivity index (χ4v) is 3.89. The molecule has 0 N–H and O–H groups in total. The normalized spacial score (nSPS) is 14.8. The summed E-state index contributed by atoms with van der Waals surface area (Å²) in [6, 6.07) is 8.65. The maximum atomic E-state index is 2.25. The van der Waals surface area contributed by atoms with Gasteiger partial charge in [-0.2, -0.15) is 0 Å². The molecule has 0 amide bonds. The van der Waals surface area contributed by atoms with Crippen molar-refractivity contribution >= 4 is 39.3 Å². The Kier molecular flexibility index (Phi) is 1.70. The van der Waals surface area contributed by atoms with Crippen molar-refractivity contribution in [1.82, 2.24) is 0 Å². The molecule has 0 radical (unpaired) electrons. The van der Waals surface area contributed by atoms with Gasteiger partial charge in [-0.15, -0.1) is 23.1 Å². The number of hydrogen-bond acceptors (Lipinski definition) is 2. The topological polar surface area (TPSA) is 0 Å². The summed E-state index contributed by atoms with van der Waals surface area (Å²) < 4.78 is 1.41. The van der Waals surface area contributed by atoms with Gasteiger partial charge in [0.15, 0.2) is 0 Å². The average molecular weight is 204 g/mol. The van der Waals surface area contributed by atoms with Crippen molar-refractivity contribution in [3.05, 3.63) is 35.2 Å². The molecule has 0 saturated heterocycles. The van der Waals surface area contributed by atoms with Crippen LogP contribution in [0.1, 0.15) is 4.88 Å². The molecule has 1 aromatic carbocycles. The second-order valence-electron chi connectivity index (χ2n) is 3.00. The van der Waals surface area contributed by atoms with Crippen LogP contribution >= 0.6 is 23.1 Å². The van der Waals surface area contributed by atoms with Crippen molar-refractivity contribution in [1.29, 1.82) is 0 Å². The molecular weight excluding hydrogens is 196 g/mol. The SMILES string of the molecule is C1=Cc2sc3ccccc3c2SC1. The number of fused-ring (bicyclic) bond motifs is 3. The third-order valence-electron chi connectivity index (χ3n) is 2.17. The first kappa shape index (κ1) is 7.65. The monoisotopic (exact) mass is 204 g/mol. The molecule has 0 nitrogen and oxygen atoms in total. The average Bonchev–Trinajstić information content (AvgIpc) is 2.56. The van der Waals surface area contributed by atoms with Crippen LogP contribution in [0, 0.1) is 0 Å². The van der Waals surface area contributed by atoms with E-state index in [1.54, 1.807) is 0 Å². The molecular formula is C11H8S2. The number of thioether (sulfide) groups is 1. The minimum Gasteiger partial charge on any atom is -0.135 e. The van der Waals surface area contributed by atoms with Crippen molar-refractivity contribution in [2.45, 2.75) is 4.90 Å². The zero-order valence-corrected chi connectivity index (χ0v) is 8.62. The fraction of sp³-hybridized carbons (Fsp3) is 0.0909. The van der Waals surface area contributed by atoms with E-state index in [1.165, 1.54) is 19.9 Å². The van der Waals surface area contributed by atoms with Crippen molar-refractivity contribution in [3.63, 3.8) is 0 Å². The maximum absolute atomic E-state index is 2.25. The van der Waals surface area contributed by atoms with E-state index in [2.05, 4.69) is 36.4 Å². The lowest BCUT2D eigenvalue weighted by Crippen LogP contribution is -1.80. The molecule has 64 valence electrons. The number of rotatable bonds is 0. The Morgan fingerprint density at radius 1 is 1.15 bits per heavy atom. The maximum Gasteiger partial charge on any atom is 0.0416 e. The van der Waals surface area contributed by atoms with Gasteiger partial charge in [0.1, 0.15) is 0 Å². The third-order valence-corrected chi connectivity index (χ3v) is 4.52. The first-order valence-corrected chi connectivity index (χ1v) is 6.06. The smallest absolute Gasteiger partial charge is 0.0416 e. The van der Waals surface area contributed by atoms with E-state index in [4.69, 9.17) is 0 Å². The van der Waals surface area contributed by atoms with Gasteiger partial charge in [-0.3, -0.25) is 0 Å². The molecule has 2 heterocycles. The second-order valence-corrected chi connectivity index (χ2v) is 5.12. The van der Waals surface area contributed by atoms with Gasteiger partial charge in [-0.25, -0.2) is 0 Å². The minimum atomic E-state index is 1.12. The highest BCUT2D eigenvalue weighted by atomic mass is 32.2. The molecule has 1 aliphatic rings. The highest BCUT2D eigenvalue weighted by Gasteiger charge is 2.11. The molecule has 2 aromatic rings. The quantitative estimate of drug-likeness (QED) is 0.624. The molecule has 0 bridgehead atoms. The number of hydrogen-bond donors (Lipinski definition) is 0. The van der Waals surface area contributed by atoms with E-state index < -0.39 is 0 Å². The van der Waals surface area contributed by atoms with Gasteiger partial charge in [0.05, 0.1) is 0 Å². The third kappa shape index (κ3) is 1.13. The first-order valence-electron chi connectivity index (χ1n) is 4.26. The summed E-state index contributed by atoms with van der Waals surface area (Å²) in [5.74, 6) is 1.12. The highest BCUT2D eigenvalue weighted by molar-refractivity contribution is 8.00. The summed E-state index contributed by atoms with van der Waals surface area (Å²) in [4.78, 5) is 2.90. The van der Waals surface area contributed by atoms with E-state index in [1.807, 2.05) is 23.1 Å². The van der Waals surface area contributed by atoms with Crippen LogP contribution in [-0.2, 0) is 0 Å². The van der Waals surface area contributed by atoms with Crippen molar-refractivity contribution < 1.29 is 0 Å². The van der Waals surface area contributed by atoms with Gasteiger partial charge >= 0.3 is 0 Å². The van der Waals surface area contributed by atoms with Gasteiger partial charge in [0, 0.05) is 25.6 Å². The molecule has 1 aromatic heterocycles. The summed E-state index contributed by atoms with van der Waals surface area (Å²) in [6.45, 7) is 0. The summed E-state index contributed by atoms with van der Waals surface area (Å²) in [5, 5.41) is 1.43. The Labute approximate surface area is 85.3 Å². The molecule has 0 fully saturated rings. The van der Waals surface area contributed by atoms with Gasteiger partial charge in [-0.1, -0.05) is 24.3 Å². The standard InChI is InChI=1S/C11H8S2/c1-2-5-9-8(4-1)11-10(13-9)6-3-7-12-11/h1-6H,7H2. The Bertz CT molecular complexity index is 480. The second kappa shape index (κ2) is 2.89. The summed E-state index contributed by atoms with van der Waals surface area (Å²) >= 11 is 3.84. The molecule has 0 aliphatic carbocycles. The van der Waals surface area contributed by atoms with E-state index in [-0.39, 0.29) is 0 Å². The van der Waals surface area contributed by atoms with Crippen LogP contribution in [0.5, 0.6) is 0 Å². The lowest BCUT2D eigenvalue weighted by Gasteiger charge is -2.03. The molecule has 13 heavy (non-hydrogen) atoms. The van der Waals surface area contributed by atoms with Crippen LogP contribution in [0.2, 0.25) is 0 Å². The predicted molar refractivity (Wildman–Crippen MR) is 61.6 cm³/mol. The molecule has 1 aliphatic heterocycles. The largest absolute Gasteiger partial charge is 0.135 e. The molecule has 0 saturated carbocycles. The highest BCUT2D eigenvalue weighted by Crippen LogP contribution is 2.41. The lowest BCUT2D eigenvalue weighted by molar-refractivity contribution is 1.57. The fourth-order valence-electron chi connectivity index (χ4n) is 1.59. The molecule has 2 heteroatoms. The van der Waals surface area contributed by atoms with Gasteiger partial charge in [0.2, 0.25) is 0 Å². The summed E-state index contributed by atoms with van der Waals surface area (Å²) in [7, 11) is 0. The van der Waals surface area contributed by atoms with Crippen LogP contribution in [0.3, 0.4) is 0 Å². The number of thiophene rings is 1. The zero-order chi connectivity index (χ0) is 8.67. The first-order chi connectivity index (χ1) is 6.45. The molecule has 3 rings (SSSR count). The van der Waals surface area contributed by atoms with Crippen molar-refractivity contribution in [2.24, 2.45) is 0 Å².